The molecule has 0 radical (unpaired) electrons. The van der Waals surface area contributed by atoms with Crippen molar-refractivity contribution in [3.63, 3.8) is 0 Å². The fraction of sp³-hybridized carbons (Fsp3) is 0.609. The highest BCUT2D eigenvalue weighted by Gasteiger charge is 2.32. The third-order valence-corrected chi connectivity index (χ3v) is 6.69. The Morgan fingerprint density at radius 1 is 1.21 bits per heavy atom. The largest absolute Gasteiger partial charge is 0.496 e. The molecule has 0 N–H and O–H groups in total. The maximum Gasteiger partial charge on any atom is 0.227 e. The van der Waals surface area contributed by atoms with E-state index in [0.29, 0.717) is 18.5 Å². The fourth-order valence-corrected chi connectivity index (χ4v) is 4.79. The second-order valence-corrected chi connectivity index (χ2v) is 8.66. The van der Waals surface area contributed by atoms with Crippen LogP contribution in [0.2, 0.25) is 0 Å². The molecule has 2 aliphatic heterocycles. The molecule has 0 spiro atoms. The molecule has 158 valence electrons. The topological polar surface area (TPSA) is 49.2 Å². The number of carbonyl (C=O) groups excluding carboxylic acids is 1. The highest BCUT2D eigenvalue weighted by molar-refractivity contribution is 5.90. The van der Waals surface area contributed by atoms with Crippen LogP contribution in [0.3, 0.4) is 0 Å². The Morgan fingerprint density at radius 2 is 1.97 bits per heavy atom. The maximum absolute atomic E-state index is 13.0. The summed E-state index contributed by atoms with van der Waals surface area (Å²) in [7, 11) is 1.66. The lowest BCUT2D eigenvalue weighted by Crippen LogP contribution is -2.52. The number of furan rings is 1. The molecular formula is C23H33N3O3. The van der Waals surface area contributed by atoms with E-state index in [9.17, 15) is 4.79 Å². The van der Waals surface area contributed by atoms with Crippen LogP contribution in [0.4, 0.5) is 0 Å². The van der Waals surface area contributed by atoms with Crippen molar-refractivity contribution in [2.24, 2.45) is 0 Å². The number of carbonyl (C=O) groups is 1. The Hall–Kier alpha value is -2.05. The van der Waals surface area contributed by atoms with Crippen LogP contribution in [0.1, 0.15) is 31.4 Å². The second kappa shape index (κ2) is 8.36. The van der Waals surface area contributed by atoms with E-state index < -0.39 is 0 Å². The standard InChI is InChI=1S/C23H33N3O3/c1-16(2)24-9-11-25(12-10-24)19-7-8-26(14-19)22(27)13-18-15-29-23-17(3)21(28-4)6-5-20(18)23/h5-6,15-16,19H,7-14H2,1-4H3. The van der Waals surface area contributed by atoms with Gasteiger partial charge in [0.15, 0.2) is 0 Å². The summed E-state index contributed by atoms with van der Waals surface area (Å²) in [6.45, 7) is 12.7. The zero-order chi connectivity index (χ0) is 20.5. The van der Waals surface area contributed by atoms with Crippen molar-refractivity contribution in [2.75, 3.05) is 46.4 Å². The SMILES string of the molecule is COc1ccc2c(CC(=O)N3CCC(N4CCN(C(C)C)CC4)C3)coc2c1C. The van der Waals surface area contributed by atoms with E-state index in [4.69, 9.17) is 9.15 Å². The molecule has 29 heavy (non-hydrogen) atoms. The summed E-state index contributed by atoms with van der Waals surface area (Å²) in [5, 5.41) is 1.01. The highest BCUT2D eigenvalue weighted by Crippen LogP contribution is 2.31. The van der Waals surface area contributed by atoms with Crippen molar-refractivity contribution in [2.45, 2.75) is 45.7 Å². The van der Waals surface area contributed by atoms with E-state index in [1.807, 2.05) is 24.0 Å². The number of amides is 1. The lowest BCUT2D eigenvalue weighted by molar-refractivity contribution is -0.129. The maximum atomic E-state index is 13.0. The minimum absolute atomic E-state index is 0.199. The Morgan fingerprint density at radius 3 is 2.66 bits per heavy atom. The molecule has 0 aliphatic carbocycles. The molecule has 4 rings (SSSR count). The molecule has 6 nitrogen and oxygen atoms in total. The first-order chi connectivity index (χ1) is 14.0. The zero-order valence-corrected chi connectivity index (χ0v) is 18.1. The number of ether oxygens (including phenoxy) is 1. The summed E-state index contributed by atoms with van der Waals surface area (Å²) >= 11 is 0. The van der Waals surface area contributed by atoms with Gasteiger partial charge in [-0.1, -0.05) is 0 Å². The Kier molecular flexibility index (Phi) is 5.83. The van der Waals surface area contributed by atoms with Gasteiger partial charge in [-0.3, -0.25) is 14.6 Å². The highest BCUT2D eigenvalue weighted by atomic mass is 16.5. The number of hydrogen-bond donors (Lipinski definition) is 0. The summed E-state index contributed by atoms with van der Waals surface area (Å²) in [6, 6.07) is 5.06. The second-order valence-electron chi connectivity index (χ2n) is 8.66. The van der Waals surface area contributed by atoms with Crippen LogP contribution < -0.4 is 4.74 Å². The van der Waals surface area contributed by atoms with Gasteiger partial charge >= 0.3 is 0 Å². The summed E-state index contributed by atoms with van der Waals surface area (Å²) in [5.41, 5.74) is 2.75. The van der Waals surface area contributed by atoms with Crippen LogP contribution in [-0.4, -0.2) is 79.1 Å². The number of hydrogen-bond acceptors (Lipinski definition) is 5. The molecule has 0 bridgehead atoms. The van der Waals surface area contributed by atoms with Crippen LogP contribution in [-0.2, 0) is 11.2 Å². The monoisotopic (exact) mass is 399 g/mol. The van der Waals surface area contributed by atoms with E-state index >= 15 is 0 Å². The number of likely N-dealkylation sites (tertiary alicyclic amines) is 1. The molecule has 6 heteroatoms. The molecule has 1 aromatic carbocycles. The number of aryl methyl sites for hydroxylation is 1. The van der Waals surface area contributed by atoms with Gasteiger partial charge in [0.2, 0.25) is 5.91 Å². The molecule has 2 saturated heterocycles. The minimum Gasteiger partial charge on any atom is -0.496 e. The number of rotatable bonds is 5. The molecule has 1 atom stereocenters. The van der Waals surface area contributed by atoms with Crippen LogP contribution >= 0.6 is 0 Å². The molecular weight excluding hydrogens is 366 g/mol. The first-order valence-corrected chi connectivity index (χ1v) is 10.8. The van der Waals surface area contributed by atoms with Gasteiger partial charge in [-0.25, -0.2) is 0 Å². The number of fused-ring (bicyclic) bond motifs is 1. The third-order valence-electron chi connectivity index (χ3n) is 6.69. The quantitative estimate of drug-likeness (QED) is 0.774. The average molecular weight is 400 g/mol. The van der Waals surface area contributed by atoms with E-state index in [1.165, 1.54) is 0 Å². The predicted octanol–water partition coefficient (Wildman–Crippen LogP) is 2.92. The van der Waals surface area contributed by atoms with Crippen molar-refractivity contribution in [3.05, 3.63) is 29.5 Å². The number of piperazine rings is 1. The molecule has 2 aliphatic rings. The lowest BCUT2D eigenvalue weighted by Gasteiger charge is -2.39. The zero-order valence-electron chi connectivity index (χ0n) is 18.1. The molecule has 0 saturated carbocycles. The van der Waals surface area contributed by atoms with Gasteiger partial charge in [0.25, 0.3) is 0 Å². The molecule has 2 fully saturated rings. The summed E-state index contributed by atoms with van der Waals surface area (Å²) in [5.74, 6) is 1.01. The molecule has 1 unspecified atom stereocenters. The molecule has 2 aromatic rings. The van der Waals surface area contributed by atoms with Gasteiger partial charge in [-0.15, -0.1) is 0 Å². The van der Waals surface area contributed by atoms with Crippen LogP contribution in [0.25, 0.3) is 11.0 Å². The third kappa shape index (κ3) is 4.01. The van der Waals surface area contributed by atoms with Crippen molar-refractivity contribution in [1.82, 2.24) is 14.7 Å². The number of nitrogens with zero attached hydrogens (tertiary/aromatic N) is 3. The van der Waals surface area contributed by atoms with Crippen LogP contribution in [0.5, 0.6) is 5.75 Å². The normalized spacial score (nSPS) is 21.4. The first kappa shape index (κ1) is 20.2. The Labute approximate surface area is 173 Å². The van der Waals surface area contributed by atoms with E-state index in [0.717, 1.165) is 73.5 Å². The smallest absolute Gasteiger partial charge is 0.227 e. The lowest BCUT2D eigenvalue weighted by atomic mass is 10.1. The molecule has 3 heterocycles. The van der Waals surface area contributed by atoms with Crippen LogP contribution in [0, 0.1) is 6.92 Å². The van der Waals surface area contributed by atoms with Gasteiger partial charge in [-0.2, -0.15) is 0 Å². The van der Waals surface area contributed by atoms with Crippen molar-refractivity contribution in [3.8, 4) is 5.75 Å². The van der Waals surface area contributed by atoms with Gasteiger partial charge in [-0.05, 0) is 39.3 Å². The van der Waals surface area contributed by atoms with Crippen molar-refractivity contribution < 1.29 is 13.9 Å². The van der Waals surface area contributed by atoms with Gasteiger partial charge in [0.05, 0.1) is 19.8 Å². The number of methoxy groups -OCH3 is 1. The van der Waals surface area contributed by atoms with E-state index in [1.54, 1.807) is 13.4 Å². The van der Waals surface area contributed by atoms with Gasteiger partial charge < -0.3 is 14.1 Å². The Balaban J connectivity index is 1.37. The minimum atomic E-state index is 0.199. The molecule has 1 amide bonds. The van der Waals surface area contributed by atoms with Crippen molar-refractivity contribution >= 4 is 16.9 Å². The van der Waals surface area contributed by atoms with Crippen LogP contribution in [0.15, 0.2) is 22.8 Å². The van der Waals surface area contributed by atoms with Crippen molar-refractivity contribution in [1.29, 1.82) is 0 Å². The van der Waals surface area contributed by atoms with E-state index in [2.05, 4.69) is 23.6 Å². The predicted molar refractivity (Wildman–Crippen MR) is 114 cm³/mol. The first-order valence-electron chi connectivity index (χ1n) is 10.8. The summed E-state index contributed by atoms with van der Waals surface area (Å²) in [4.78, 5) is 20.1. The fourth-order valence-electron chi connectivity index (χ4n) is 4.79. The Bertz CT molecular complexity index is 868. The van der Waals surface area contributed by atoms with Gasteiger partial charge in [0, 0.05) is 67.9 Å². The molecule has 1 aromatic heterocycles. The average Bonchev–Trinajstić information content (AvgIpc) is 3.37. The summed E-state index contributed by atoms with van der Waals surface area (Å²) in [6.07, 6.45) is 3.20. The van der Waals surface area contributed by atoms with Gasteiger partial charge in [0.1, 0.15) is 11.3 Å². The van der Waals surface area contributed by atoms with E-state index in [-0.39, 0.29) is 5.91 Å². The number of benzene rings is 1. The summed E-state index contributed by atoms with van der Waals surface area (Å²) < 4.78 is 11.1.